The molecule has 2 rings (SSSR count). The van der Waals surface area contributed by atoms with Crippen molar-refractivity contribution in [2.75, 3.05) is 13.1 Å². The van der Waals surface area contributed by atoms with E-state index in [1.165, 1.54) is 6.92 Å². The molecular formula is C13H15F3N2O. The molecule has 1 heterocycles. The van der Waals surface area contributed by atoms with E-state index < -0.39 is 23.6 Å². The predicted octanol–water partition coefficient (Wildman–Crippen LogP) is 2.57. The van der Waals surface area contributed by atoms with E-state index in [4.69, 9.17) is 4.74 Å². The van der Waals surface area contributed by atoms with Crippen LogP contribution in [0.1, 0.15) is 18.9 Å². The van der Waals surface area contributed by atoms with E-state index >= 15 is 0 Å². The summed E-state index contributed by atoms with van der Waals surface area (Å²) in [4.78, 5) is 4.18. The van der Waals surface area contributed by atoms with Crippen molar-refractivity contribution in [1.82, 2.24) is 5.32 Å². The highest BCUT2D eigenvalue weighted by molar-refractivity contribution is 5.88. The van der Waals surface area contributed by atoms with Crippen molar-refractivity contribution < 1.29 is 17.9 Å². The molecule has 6 heteroatoms. The lowest BCUT2D eigenvalue weighted by Gasteiger charge is -2.20. The number of nitrogens with one attached hydrogen (secondary N) is 1. The Labute approximate surface area is 109 Å². The molecule has 0 saturated carbocycles. The van der Waals surface area contributed by atoms with Gasteiger partial charge in [0.25, 0.3) is 0 Å². The van der Waals surface area contributed by atoms with E-state index in [1.807, 2.05) is 6.92 Å². The molecule has 0 spiro atoms. The first-order valence-electron chi connectivity index (χ1n) is 6.13. The highest BCUT2D eigenvalue weighted by Crippen LogP contribution is 2.28. The van der Waals surface area contributed by atoms with Crippen LogP contribution in [0.15, 0.2) is 11.1 Å². The summed E-state index contributed by atoms with van der Waals surface area (Å²) in [6.45, 7) is 4.49. The number of ether oxygens (including phenoxy) is 1. The van der Waals surface area contributed by atoms with E-state index in [-0.39, 0.29) is 11.3 Å². The third kappa shape index (κ3) is 2.67. The lowest BCUT2D eigenvalue weighted by atomic mass is 10.2. The maximum atomic E-state index is 13.7. The molecule has 1 aliphatic heterocycles. The summed E-state index contributed by atoms with van der Waals surface area (Å²) in [6.07, 6.45) is -0.0139. The van der Waals surface area contributed by atoms with Crippen molar-refractivity contribution in [2.24, 2.45) is 4.99 Å². The minimum Gasteiger partial charge on any atom is -0.479 e. The first kappa shape index (κ1) is 13.7. The number of halogens is 3. The van der Waals surface area contributed by atoms with Gasteiger partial charge in [0, 0.05) is 18.2 Å². The Kier molecular flexibility index (Phi) is 3.97. The number of hydrogen-bond donors (Lipinski definition) is 1. The molecule has 1 atom stereocenters. The van der Waals surface area contributed by atoms with Crippen LogP contribution in [0.2, 0.25) is 0 Å². The molecule has 0 fully saturated rings. The number of rotatable bonds is 4. The molecule has 0 amide bonds. The van der Waals surface area contributed by atoms with Crippen molar-refractivity contribution >= 4 is 5.84 Å². The molecule has 1 aromatic carbocycles. The van der Waals surface area contributed by atoms with Gasteiger partial charge >= 0.3 is 0 Å². The molecule has 1 unspecified atom stereocenters. The summed E-state index contributed by atoms with van der Waals surface area (Å²) in [5, 5.41) is 3.01. The number of nitrogens with zero attached hydrogens (tertiary/aromatic N) is 1. The molecule has 0 radical (unpaired) electrons. The van der Waals surface area contributed by atoms with Gasteiger partial charge in [-0.05, 0) is 13.3 Å². The third-order valence-corrected chi connectivity index (χ3v) is 3.00. The second-order valence-electron chi connectivity index (χ2n) is 4.32. The molecule has 0 aromatic heterocycles. The Morgan fingerprint density at radius 3 is 2.68 bits per heavy atom. The van der Waals surface area contributed by atoms with Crippen molar-refractivity contribution in [3.8, 4) is 5.75 Å². The largest absolute Gasteiger partial charge is 0.479 e. The van der Waals surface area contributed by atoms with Crippen LogP contribution in [0.25, 0.3) is 0 Å². The Morgan fingerprint density at radius 2 is 2.11 bits per heavy atom. The summed E-state index contributed by atoms with van der Waals surface area (Å²) >= 11 is 0. The normalized spacial score (nSPS) is 15.9. The Morgan fingerprint density at radius 1 is 1.37 bits per heavy atom. The molecule has 104 valence electrons. The minimum absolute atomic E-state index is 0.0454. The van der Waals surface area contributed by atoms with Gasteiger partial charge in [-0.15, -0.1) is 0 Å². The van der Waals surface area contributed by atoms with Gasteiger partial charge in [0.05, 0.1) is 6.54 Å². The van der Waals surface area contributed by atoms with Gasteiger partial charge < -0.3 is 10.1 Å². The van der Waals surface area contributed by atoms with E-state index in [9.17, 15) is 13.2 Å². The lowest BCUT2D eigenvalue weighted by molar-refractivity contribution is 0.240. The number of amidine groups is 1. The smallest absolute Gasteiger partial charge is 0.201 e. The molecule has 3 nitrogen and oxygen atoms in total. The zero-order valence-corrected chi connectivity index (χ0v) is 10.8. The summed E-state index contributed by atoms with van der Waals surface area (Å²) in [7, 11) is 0. The van der Waals surface area contributed by atoms with Gasteiger partial charge in [0.15, 0.2) is 17.7 Å². The molecule has 1 aromatic rings. The second-order valence-corrected chi connectivity index (χ2v) is 4.32. The van der Waals surface area contributed by atoms with Crippen LogP contribution in [0.5, 0.6) is 5.75 Å². The molecule has 0 bridgehead atoms. The van der Waals surface area contributed by atoms with Gasteiger partial charge in [-0.2, -0.15) is 4.39 Å². The van der Waals surface area contributed by atoms with Crippen molar-refractivity contribution in [2.45, 2.75) is 26.4 Å². The summed E-state index contributed by atoms with van der Waals surface area (Å²) in [5.74, 6) is -3.05. The second kappa shape index (κ2) is 5.50. The van der Waals surface area contributed by atoms with Crippen LogP contribution in [0.3, 0.4) is 0 Å². The van der Waals surface area contributed by atoms with Gasteiger partial charge in [-0.1, -0.05) is 6.92 Å². The maximum absolute atomic E-state index is 13.7. The number of hydrogen-bond acceptors (Lipinski definition) is 3. The maximum Gasteiger partial charge on any atom is 0.201 e. The summed E-state index contributed by atoms with van der Waals surface area (Å²) in [6, 6.07) is 0.518. The zero-order valence-electron chi connectivity index (χ0n) is 10.8. The molecular weight excluding hydrogens is 257 g/mol. The average Bonchev–Trinajstić information content (AvgIpc) is 2.91. The van der Waals surface area contributed by atoms with E-state index in [0.717, 1.165) is 0 Å². The highest BCUT2D eigenvalue weighted by Gasteiger charge is 2.24. The van der Waals surface area contributed by atoms with Crippen molar-refractivity contribution in [3.63, 3.8) is 0 Å². The van der Waals surface area contributed by atoms with E-state index in [1.54, 1.807) is 0 Å². The molecule has 0 aliphatic carbocycles. The van der Waals surface area contributed by atoms with Crippen LogP contribution in [0, 0.1) is 24.4 Å². The van der Waals surface area contributed by atoms with Crippen molar-refractivity contribution in [3.05, 3.63) is 29.1 Å². The topological polar surface area (TPSA) is 33.6 Å². The van der Waals surface area contributed by atoms with Crippen LogP contribution in [-0.2, 0) is 0 Å². The van der Waals surface area contributed by atoms with Gasteiger partial charge in [-0.25, -0.2) is 8.78 Å². The van der Waals surface area contributed by atoms with Gasteiger partial charge in [0.2, 0.25) is 5.82 Å². The quantitative estimate of drug-likeness (QED) is 0.855. The fourth-order valence-electron chi connectivity index (χ4n) is 1.91. The number of aliphatic imine (C=N–C) groups is 1. The molecule has 1 aliphatic rings. The Bertz CT molecular complexity index is 491. The Balaban J connectivity index is 2.31. The summed E-state index contributed by atoms with van der Waals surface area (Å²) < 4.78 is 45.8. The lowest BCUT2D eigenvalue weighted by Crippen LogP contribution is -2.35. The first-order valence-corrected chi connectivity index (χ1v) is 6.13. The van der Waals surface area contributed by atoms with E-state index in [0.29, 0.717) is 31.4 Å². The monoisotopic (exact) mass is 272 g/mol. The van der Waals surface area contributed by atoms with Gasteiger partial charge in [-0.3, -0.25) is 4.99 Å². The minimum atomic E-state index is -1.26. The molecule has 0 saturated heterocycles. The van der Waals surface area contributed by atoms with Crippen LogP contribution >= 0.6 is 0 Å². The summed E-state index contributed by atoms with van der Waals surface area (Å²) in [5.41, 5.74) is -0.0454. The predicted molar refractivity (Wildman–Crippen MR) is 66.1 cm³/mol. The highest BCUT2D eigenvalue weighted by atomic mass is 19.2. The Hall–Kier alpha value is -1.72. The van der Waals surface area contributed by atoms with Crippen LogP contribution < -0.4 is 10.1 Å². The number of benzene rings is 1. The first-order chi connectivity index (χ1) is 9.04. The third-order valence-electron chi connectivity index (χ3n) is 3.00. The molecule has 19 heavy (non-hydrogen) atoms. The van der Waals surface area contributed by atoms with Crippen LogP contribution in [0.4, 0.5) is 13.2 Å². The zero-order chi connectivity index (χ0) is 14.0. The average molecular weight is 272 g/mol. The fraction of sp³-hybridized carbons (Fsp3) is 0.462. The standard InChI is InChI=1S/C13H15F3N2O/c1-3-10(13-17-4-5-18-13)19-12-7(2)8(14)6-9(15)11(12)16/h6,10H,3-5H2,1-2H3,(H,17,18). The van der Waals surface area contributed by atoms with Crippen LogP contribution in [-0.4, -0.2) is 25.0 Å². The molecule has 1 N–H and O–H groups in total. The fourth-order valence-corrected chi connectivity index (χ4v) is 1.91. The SMILES string of the molecule is CCC(Oc1c(C)c(F)cc(F)c1F)C1=NCCN1. The van der Waals surface area contributed by atoms with E-state index in [2.05, 4.69) is 10.3 Å². The van der Waals surface area contributed by atoms with Gasteiger partial charge in [0.1, 0.15) is 11.7 Å². The van der Waals surface area contributed by atoms with Crippen molar-refractivity contribution in [1.29, 1.82) is 0 Å².